The van der Waals surface area contributed by atoms with Gasteiger partial charge in [-0.1, -0.05) is 12.1 Å². The van der Waals surface area contributed by atoms with Crippen LogP contribution in [0.5, 0.6) is 0 Å². The van der Waals surface area contributed by atoms with Gasteiger partial charge in [-0.05, 0) is 30.3 Å². The SMILES string of the molecule is CN(C)NC(=O)c1ccc2[nH]c3nc4ccccc4nc3c2c1. The number of hydrazine groups is 1. The van der Waals surface area contributed by atoms with E-state index in [2.05, 4.69) is 15.4 Å². The number of nitrogens with zero attached hydrogens (tertiary/aromatic N) is 3. The minimum absolute atomic E-state index is 0.153. The minimum atomic E-state index is -0.153. The number of amides is 1. The average Bonchev–Trinajstić information content (AvgIpc) is 2.88. The molecule has 0 unspecified atom stereocenters. The fourth-order valence-electron chi connectivity index (χ4n) is 2.66. The maximum atomic E-state index is 12.2. The Morgan fingerprint density at radius 3 is 2.57 bits per heavy atom. The summed E-state index contributed by atoms with van der Waals surface area (Å²) >= 11 is 0. The molecule has 0 atom stereocenters. The van der Waals surface area contributed by atoms with Gasteiger partial charge < -0.3 is 4.98 Å². The lowest BCUT2D eigenvalue weighted by molar-refractivity contribution is 0.0857. The number of benzene rings is 2. The topological polar surface area (TPSA) is 73.9 Å². The van der Waals surface area contributed by atoms with E-state index in [0.29, 0.717) is 5.56 Å². The van der Waals surface area contributed by atoms with E-state index >= 15 is 0 Å². The molecule has 0 fully saturated rings. The van der Waals surface area contributed by atoms with Crippen molar-refractivity contribution in [2.24, 2.45) is 0 Å². The Kier molecular flexibility index (Phi) is 2.99. The number of rotatable bonds is 2. The summed E-state index contributed by atoms with van der Waals surface area (Å²) < 4.78 is 0. The summed E-state index contributed by atoms with van der Waals surface area (Å²) in [5, 5.41) is 2.51. The molecule has 4 aromatic rings. The summed E-state index contributed by atoms with van der Waals surface area (Å²) in [6, 6.07) is 13.3. The van der Waals surface area contributed by atoms with Crippen molar-refractivity contribution < 1.29 is 4.79 Å². The van der Waals surface area contributed by atoms with Crippen LogP contribution in [0.4, 0.5) is 0 Å². The summed E-state index contributed by atoms with van der Waals surface area (Å²) in [5.41, 5.74) is 7.42. The maximum absolute atomic E-state index is 12.2. The Bertz CT molecular complexity index is 1050. The Labute approximate surface area is 132 Å². The molecule has 6 heteroatoms. The van der Waals surface area contributed by atoms with Crippen molar-refractivity contribution in [2.75, 3.05) is 14.1 Å². The second kappa shape index (κ2) is 5.03. The van der Waals surface area contributed by atoms with Crippen molar-refractivity contribution >= 4 is 39.0 Å². The second-order valence-corrected chi connectivity index (χ2v) is 5.63. The highest BCUT2D eigenvalue weighted by atomic mass is 16.2. The first-order chi connectivity index (χ1) is 11.1. The highest BCUT2D eigenvalue weighted by Gasteiger charge is 2.12. The molecule has 2 aromatic carbocycles. The van der Waals surface area contributed by atoms with E-state index in [0.717, 1.165) is 33.1 Å². The normalized spacial score (nSPS) is 11.6. The molecule has 114 valence electrons. The number of aromatic amines is 1. The van der Waals surface area contributed by atoms with E-state index in [1.165, 1.54) is 0 Å². The van der Waals surface area contributed by atoms with Crippen LogP contribution in [0.2, 0.25) is 0 Å². The number of nitrogens with one attached hydrogen (secondary N) is 2. The number of H-pyrrole nitrogens is 1. The lowest BCUT2D eigenvalue weighted by atomic mass is 10.1. The molecule has 2 N–H and O–H groups in total. The molecular formula is C17H15N5O. The minimum Gasteiger partial charge on any atom is -0.338 e. The van der Waals surface area contributed by atoms with Gasteiger partial charge in [-0.25, -0.2) is 15.0 Å². The third-order valence-electron chi connectivity index (χ3n) is 3.69. The van der Waals surface area contributed by atoms with E-state index in [9.17, 15) is 4.79 Å². The van der Waals surface area contributed by atoms with Gasteiger partial charge >= 0.3 is 0 Å². The number of para-hydroxylation sites is 2. The predicted octanol–water partition coefficient (Wildman–Crippen LogP) is 2.47. The smallest absolute Gasteiger partial charge is 0.265 e. The van der Waals surface area contributed by atoms with Crippen molar-refractivity contribution in [1.29, 1.82) is 0 Å². The van der Waals surface area contributed by atoms with Gasteiger partial charge in [-0.2, -0.15) is 0 Å². The number of hydrogen-bond donors (Lipinski definition) is 2. The summed E-state index contributed by atoms with van der Waals surface area (Å²) in [5.74, 6) is -0.153. The first-order valence-corrected chi connectivity index (χ1v) is 7.28. The van der Waals surface area contributed by atoms with E-state index in [-0.39, 0.29) is 5.91 Å². The molecule has 0 aliphatic rings. The highest BCUT2D eigenvalue weighted by molar-refractivity contribution is 6.08. The average molecular weight is 305 g/mol. The lowest BCUT2D eigenvalue weighted by Crippen LogP contribution is -2.36. The third-order valence-corrected chi connectivity index (χ3v) is 3.69. The molecular weight excluding hydrogens is 290 g/mol. The summed E-state index contributed by atoms with van der Waals surface area (Å²) in [4.78, 5) is 24.7. The number of hydrogen-bond acceptors (Lipinski definition) is 4. The van der Waals surface area contributed by atoms with Crippen LogP contribution in [0.15, 0.2) is 42.5 Å². The predicted molar refractivity (Wildman–Crippen MR) is 90.1 cm³/mol. The standard InChI is InChI=1S/C17H15N5O/c1-22(2)21-17(23)10-7-8-12-11(9-10)15-16(19-12)20-14-6-4-3-5-13(14)18-15/h3-9H,1-2H3,(H,19,20)(H,21,23). The fraction of sp³-hybridized carbons (Fsp3) is 0.118. The van der Waals surface area contributed by atoms with Crippen LogP contribution < -0.4 is 5.43 Å². The van der Waals surface area contributed by atoms with Crippen LogP contribution in [0.1, 0.15) is 10.4 Å². The van der Waals surface area contributed by atoms with E-state index in [4.69, 9.17) is 4.98 Å². The number of fused-ring (bicyclic) bond motifs is 4. The van der Waals surface area contributed by atoms with Gasteiger partial charge in [0.1, 0.15) is 5.52 Å². The Morgan fingerprint density at radius 2 is 1.83 bits per heavy atom. The van der Waals surface area contributed by atoms with Crippen molar-refractivity contribution in [1.82, 2.24) is 25.4 Å². The monoisotopic (exact) mass is 305 g/mol. The molecule has 0 saturated carbocycles. The van der Waals surface area contributed by atoms with Gasteiger partial charge in [0.15, 0.2) is 5.65 Å². The van der Waals surface area contributed by atoms with Crippen LogP contribution >= 0.6 is 0 Å². The van der Waals surface area contributed by atoms with Gasteiger partial charge in [0.2, 0.25) is 0 Å². The van der Waals surface area contributed by atoms with Gasteiger partial charge in [-0.15, -0.1) is 0 Å². The van der Waals surface area contributed by atoms with Gasteiger partial charge in [0.05, 0.1) is 11.0 Å². The van der Waals surface area contributed by atoms with Crippen LogP contribution in [0.25, 0.3) is 33.1 Å². The van der Waals surface area contributed by atoms with Crippen molar-refractivity contribution in [3.63, 3.8) is 0 Å². The molecule has 4 rings (SSSR count). The van der Waals surface area contributed by atoms with Crippen LogP contribution in [0.3, 0.4) is 0 Å². The lowest BCUT2D eigenvalue weighted by Gasteiger charge is -2.11. The van der Waals surface area contributed by atoms with E-state index < -0.39 is 0 Å². The van der Waals surface area contributed by atoms with Crippen LogP contribution in [0, 0.1) is 0 Å². The van der Waals surface area contributed by atoms with Crippen LogP contribution in [-0.2, 0) is 0 Å². The molecule has 23 heavy (non-hydrogen) atoms. The van der Waals surface area contributed by atoms with Gasteiger partial charge in [0, 0.05) is 30.6 Å². The number of aromatic nitrogens is 3. The Morgan fingerprint density at radius 1 is 1.09 bits per heavy atom. The molecule has 0 saturated heterocycles. The quantitative estimate of drug-likeness (QED) is 0.558. The van der Waals surface area contributed by atoms with E-state index in [1.807, 2.05) is 36.4 Å². The number of carbonyl (C=O) groups excluding carboxylic acids is 1. The molecule has 2 heterocycles. The maximum Gasteiger partial charge on any atom is 0.265 e. The Hall–Kier alpha value is -2.99. The Balaban J connectivity index is 1.94. The molecule has 2 aromatic heterocycles. The molecule has 1 amide bonds. The third kappa shape index (κ3) is 2.29. The zero-order valence-corrected chi connectivity index (χ0v) is 12.8. The summed E-state index contributed by atoms with van der Waals surface area (Å²) in [6.45, 7) is 0. The largest absolute Gasteiger partial charge is 0.338 e. The van der Waals surface area contributed by atoms with Gasteiger partial charge in [0.25, 0.3) is 5.91 Å². The van der Waals surface area contributed by atoms with Gasteiger partial charge in [-0.3, -0.25) is 10.2 Å². The second-order valence-electron chi connectivity index (χ2n) is 5.63. The first-order valence-electron chi connectivity index (χ1n) is 7.28. The molecule has 6 nitrogen and oxygen atoms in total. The van der Waals surface area contributed by atoms with Crippen molar-refractivity contribution in [3.05, 3.63) is 48.0 Å². The fourth-order valence-corrected chi connectivity index (χ4v) is 2.66. The zero-order chi connectivity index (χ0) is 16.0. The first kappa shape index (κ1) is 13.7. The molecule has 0 aliphatic heterocycles. The molecule has 0 bridgehead atoms. The van der Waals surface area contributed by atoms with Crippen molar-refractivity contribution in [2.45, 2.75) is 0 Å². The van der Waals surface area contributed by atoms with E-state index in [1.54, 1.807) is 25.2 Å². The summed E-state index contributed by atoms with van der Waals surface area (Å²) in [7, 11) is 3.56. The number of carbonyl (C=O) groups is 1. The summed E-state index contributed by atoms with van der Waals surface area (Å²) in [6.07, 6.45) is 0. The van der Waals surface area contributed by atoms with Crippen LogP contribution in [-0.4, -0.2) is 40.0 Å². The zero-order valence-electron chi connectivity index (χ0n) is 12.8. The van der Waals surface area contributed by atoms with Crippen molar-refractivity contribution in [3.8, 4) is 0 Å². The molecule has 0 radical (unpaired) electrons. The molecule has 0 aliphatic carbocycles. The molecule has 0 spiro atoms. The highest BCUT2D eigenvalue weighted by Crippen LogP contribution is 2.25.